The van der Waals surface area contributed by atoms with Gasteiger partial charge in [0.05, 0.1) is 66.1 Å². The van der Waals surface area contributed by atoms with Crippen LogP contribution in [0.25, 0.3) is 0 Å². The molecule has 23 heavy (non-hydrogen) atoms. The molecular weight excluding hydrogens is 308 g/mol. The maximum atomic E-state index is 8.96. The van der Waals surface area contributed by atoms with Crippen molar-refractivity contribution in [3.63, 3.8) is 0 Å². The van der Waals surface area contributed by atoms with E-state index in [0.29, 0.717) is 32.0 Å². The largest absolute Gasteiger partial charge is 0.394 e. The van der Waals surface area contributed by atoms with Gasteiger partial charge in [-0.05, 0) is 0 Å². The lowest BCUT2D eigenvalue weighted by molar-refractivity contribution is -0.0481. The van der Waals surface area contributed by atoms with E-state index in [4.69, 9.17) is 38.3 Å². The first kappa shape index (κ1) is 17.5. The molecule has 0 saturated carbocycles. The molecule has 0 aromatic rings. The molecule has 1 N–H and O–H groups in total. The molecule has 4 aliphatic rings. The summed E-state index contributed by atoms with van der Waals surface area (Å²) >= 11 is 0. The lowest BCUT2D eigenvalue weighted by Gasteiger charge is -2.14. The van der Waals surface area contributed by atoms with Crippen molar-refractivity contribution in [2.24, 2.45) is 0 Å². The first-order valence-corrected chi connectivity index (χ1v) is 8.18. The predicted molar refractivity (Wildman–Crippen MR) is 77.4 cm³/mol. The smallest absolute Gasteiger partial charge is 0.104 e. The highest BCUT2D eigenvalue weighted by molar-refractivity contribution is 4.71. The fraction of sp³-hybridized carbons (Fsp3) is 1.00. The summed E-state index contributed by atoms with van der Waals surface area (Å²) in [4.78, 5) is 0. The van der Waals surface area contributed by atoms with Crippen LogP contribution in [0, 0.1) is 0 Å². The Balaban J connectivity index is 0.000000149. The summed E-state index contributed by atoms with van der Waals surface area (Å²) in [6.45, 7) is 6.38. The fourth-order valence-corrected chi connectivity index (χ4v) is 1.72. The molecule has 8 heteroatoms. The third kappa shape index (κ3) is 8.92. The van der Waals surface area contributed by atoms with Crippen LogP contribution >= 0.6 is 0 Å². The van der Waals surface area contributed by atoms with Gasteiger partial charge in [-0.3, -0.25) is 0 Å². The van der Waals surface area contributed by atoms with E-state index in [1.54, 1.807) is 0 Å². The van der Waals surface area contributed by atoms with Crippen LogP contribution in [-0.2, 0) is 33.2 Å². The summed E-state index contributed by atoms with van der Waals surface area (Å²) in [5, 5.41) is 8.96. The van der Waals surface area contributed by atoms with Gasteiger partial charge in [-0.25, -0.2) is 0 Å². The van der Waals surface area contributed by atoms with Gasteiger partial charge in [0.2, 0.25) is 0 Å². The third-order valence-electron chi connectivity index (χ3n) is 3.55. The molecule has 4 fully saturated rings. The summed E-state index contributed by atoms with van der Waals surface area (Å²) in [6, 6.07) is 0. The number of aliphatic hydroxyl groups is 1. The summed E-state index contributed by atoms with van der Waals surface area (Å²) < 4.78 is 35.8. The van der Waals surface area contributed by atoms with E-state index in [0.717, 1.165) is 39.6 Å². The molecule has 0 aromatic heterocycles. The van der Waals surface area contributed by atoms with Crippen molar-refractivity contribution in [2.75, 3.05) is 66.1 Å². The van der Waals surface area contributed by atoms with Gasteiger partial charge in [0.15, 0.2) is 0 Å². The lowest BCUT2D eigenvalue weighted by atomic mass is 10.4. The fourth-order valence-electron chi connectivity index (χ4n) is 1.72. The van der Waals surface area contributed by atoms with Gasteiger partial charge in [-0.1, -0.05) is 0 Å². The Morgan fingerprint density at radius 1 is 0.739 bits per heavy atom. The van der Waals surface area contributed by atoms with Crippen LogP contribution in [0.5, 0.6) is 0 Å². The van der Waals surface area contributed by atoms with E-state index in [2.05, 4.69) is 0 Å². The van der Waals surface area contributed by atoms with E-state index < -0.39 is 0 Å². The SMILES string of the molecule is C(OCC1CO1)C1CO1.OCC(COCC1CO1)OCC1CO1. The zero-order chi connectivity index (χ0) is 15.9. The molecule has 0 amide bonds. The van der Waals surface area contributed by atoms with Crippen molar-refractivity contribution in [1.29, 1.82) is 0 Å². The molecule has 0 bridgehead atoms. The highest BCUT2D eigenvalue weighted by Gasteiger charge is 2.27. The van der Waals surface area contributed by atoms with Crippen molar-refractivity contribution in [3.8, 4) is 0 Å². The van der Waals surface area contributed by atoms with E-state index in [-0.39, 0.29) is 24.9 Å². The van der Waals surface area contributed by atoms with Gasteiger partial charge < -0.3 is 38.3 Å². The van der Waals surface area contributed by atoms with Crippen LogP contribution in [0.4, 0.5) is 0 Å². The van der Waals surface area contributed by atoms with Gasteiger partial charge >= 0.3 is 0 Å². The zero-order valence-electron chi connectivity index (χ0n) is 13.3. The average Bonchev–Trinajstić information content (AvgIpc) is 3.34. The molecule has 8 nitrogen and oxygen atoms in total. The van der Waals surface area contributed by atoms with Crippen molar-refractivity contribution in [1.82, 2.24) is 0 Å². The normalized spacial score (nSPS) is 34.3. The van der Waals surface area contributed by atoms with Crippen LogP contribution in [0.3, 0.4) is 0 Å². The summed E-state index contributed by atoms with van der Waals surface area (Å²) in [7, 11) is 0. The Morgan fingerprint density at radius 2 is 1.17 bits per heavy atom. The summed E-state index contributed by atoms with van der Waals surface area (Å²) in [5.74, 6) is 0. The lowest BCUT2D eigenvalue weighted by Crippen LogP contribution is -2.26. The topological polar surface area (TPSA) is 98.0 Å². The second-order valence-electron chi connectivity index (χ2n) is 6.03. The highest BCUT2D eigenvalue weighted by Crippen LogP contribution is 2.13. The average molecular weight is 334 g/mol. The molecular formula is C15H26O8. The van der Waals surface area contributed by atoms with E-state index >= 15 is 0 Å². The van der Waals surface area contributed by atoms with Gasteiger partial charge in [-0.15, -0.1) is 0 Å². The Morgan fingerprint density at radius 3 is 1.61 bits per heavy atom. The molecule has 4 aliphatic heterocycles. The van der Waals surface area contributed by atoms with Gasteiger partial charge in [0.1, 0.15) is 30.5 Å². The second kappa shape index (κ2) is 9.24. The molecule has 5 unspecified atom stereocenters. The molecule has 4 heterocycles. The van der Waals surface area contributed by atoms with Gasteiger partial charge in [0.25, 0.3) is 0 Å². The zero-order valence-corrected chi connectivity index (χ0v) is 13.3. The molecule has 0 radical (unpaired) electrons. The van der Waals surface area contributed by atoms with E-state index in [1.165, 1.54) is 0 Å². The first-order chi connectivity index (χ1) is 11.3. The molecule has 4 rings (SSSR count). The Hall–Kier alpha value is -0.320. The summed E-state index contributed by atoms with van der Waals surface area (Å²) in [5.41, 5.74) is 0. The minimum atomic E-state index is -0.238. The molecule has 0 aromatic carbocycles. The van der Waals surface area contributed by atoms with Crippen LogP contribution in [0.15, 0.2) is 0 Å². The van der Waals surface area contributed by atoms with Gasteiger partial charge in [-0.2, -0.15) is 0 Å². The predicted octanol–water partition coefficient (Wildman–Crippen LogP) is -1.02. The van der Waals surface area contributed by atoms with Crippen LogP contribution < -0.4 is 0 Å². The minimum absolute atomic E-state index is 0.0156. The third-order valence-corrected chi connectivity index (χ3v) is 3.55. The van der Waals surface area contributed by atoms with Crippen LogP contribution in [0.1, 0.15) is 0 Å². The van der Waals surface area contributed by atoms with Crippen molar-refractivity contribution < 1.29 is 38.3 Å². The van der Waals surface area contributed by atoms with Crippen LogP contribution in [-0.4, -0.2) is 102 Å². The van der Waals surface area contributed by atoms with Crippen LogP contribution in [0.2, 0.25) is 0 Å². The molecule has 4 saturated heterocycles. The van der Waals surface area contributed by atoms with E-state index in [1.807, 2.05) is 0 Å². The number of hydrogen-bond donors (Lipinski definition) is 1. The quantitative estimate of drug-likeness (QED) is 0.453. The number of rotatable bonds is 12. The number of aliphatic hydroxyl groups excluding tert-OH is 1. The van der Waals surface area contributed by atoms with Crippen molar-refractivity contribution >= 4 is 0 Å². The highest BCUT2D eigenvalue weighted by atomic mass is 16.6. The minimum Gasteiger partial charge on any atom is -0.394 e. The molecule has 134 valence electrons. The Kier molecular flexibility index (Phi) is 7.03. The second-order valence-corrected chi connectivity index (χ2v) is 6.03. The Bertz CT molecular complexity index is 313. The molecule has 0 spiro atoms. The van der Waals surface area contributed by atoms with Crippen molar-refractivity contribution in [2.45, 2.75) is 30.5 Å². The van der Waals surface area contributed by atoms with E-state index in [9.17, 15) is 0 Å². The number of ether oxygens (including phenoxy) is 7. The Labute approximate surface area is 135 Å². The monoisotopic (exact) mass is 334 g/mol. The van der Waals surface area contributed by atoms with Crippen molar-refractivity contribution in [3.05, 3.63) is 0 Å². The van der Waals surface area contributed by atoms with Gasteiger partial charge in [0, 0.05) is 0 Å². The first-order valence-electron chi connectivity index (χ1n) is 8.18. The molecule has 0 aliphatic carbocycles. The maximum Gasteiger partial charge on any atom is 0.104 e. The maximum absolute atomic E-state index is 8.96. The standard InChI is InChI=1S/C9H16O5.C6H10O3/c10-1-7(12-5-9-6-14-9)2-11-3-8-4-13-8;1(5-3-8-5)7-2-6-4-9-6/h7-10H,1-6H2;5-6H,1-4H2. The number of hydrogen-bond acceptors (Lipinski definition) is 8. The molecule has 5 atom stereocenters. The number of epoxide rings is 4. The summed E-state index contributed by atoms with van der Waals surface area (Å²) in [6.07, 6.45) is 1.04.